The number of nitrogens with zero attached hydrogens (tertiary/aromatic N) is 2. The number of benzene rings is 1. The molecular weight excluding hydrogens is 332 g/mol. The second-order valence-corrected chi connectivity index (χ2v) is 8.04. The minimum Gasteiger partial charge on any atom is -0.445 e. The minimum absolute atomic E-state index is 0.00660. The number of carbonyl (C=O) groups excluding carboxylic acids is 2. The van der Waals surface area contributed by atoms with E-state index in [0.717, 1.165) is 24.8 Å². The van der Waals surface area contributed by atoms with Crippen LogP contribution in [0.4, 0.5) is 9.59 Å². The summed E-state index contributed by atoms with van der Waals surface area (Å²) in [5.41, 5.74) is 0.451. The number of amides is 2. The van der Waals surface area contributed by atoms with Crippen LogP contribution in [-0.2, 0) is 16.1 Å². The molecule has 0 unspecified atom stereocenters. The van der Waals surface area contributed by atoms with Gasteiger partial charge in [-0.25, -0.2) is 9.59 Å². The Bertz CT molecular complexity index is 641. The van der Waals surface area contributed by atoms with Crippen LogP contribution in [0.5, 0.6) is 0 Å². The maximum absolute atomic E-state index is 12.6. The van der Waals surface area contributed by atoms with E-state index in [4.69, 9.17) is 9.47 Å². The zero-order valence-electron chi connectivity index (χ0n) is 15.8. The van der Waals surface area contributed by atoms with E-state index in [-0.39, 0.29) is 30.9 Å². The van der Waals surface area contributed by atoms with E-state index < -0.39 is 5.60 Å². The second kappa shape index (κ2) is 7.56. The van der Waals surface area contributed by atoms with E-state index in [9.17, 15) is 9.59 Å². The lowest BCUT2D eigenvalue weighted by molar-refractivity contribution is 0.0115. The van der Waals surface area contributed by atoms with Gasteiger partial charge in [-0.2, -0.15) is 0 Å². The molecular formula is C20H28N2O4. The van der Waals surface area contributed by atoms with Crippen molar-refractivity contribution in [2.24, 2.45) is 0 Å². The number of hydrogen-bond acceptors (Lipinski definition) is 4. The fourth-order valence-corrected chi connectivity index (χ4v) is 3.62. The summed E-state index contributed by atoms with van der Waals surface area (Å²) in [5.74, 6) is 0. The third-order valence-corrected chi connectivity index (χ3v) is 4.89. The SMILES string of the molecule is CC(C)(C)OC(=O)N1CC[C@@H]2CC[C@H]1CN2C(=O)OCc1ccccc1. The quantitative estimate of drug-likeness (QED) is 0.805. The Hall–Kier alpha value is -2.24. The van der Waals surface area contributed by atoms with Crippen molar-refractivity contribution in [2.45, 2.75) is 64.3 Å². The molecule has 0 saturated carbocycles. The lowest BCUT2D eigenvalue weighted by atomic mass is 9.99. The van der Waals surface area contributed by atoms with Gasteiger partial charge in [0.15, 0.2) is 0 Å². The van der Waals surface area contributed by atoms with Crippen LogP contribution in [0.2, 0.25) is 0 Å². The lowest BCUT2D eigenvalue weighted by Crippen LogP contribution is -2.51. The van der Waals surface area contributed by atoms with Crippen LogP contribution < -0.4 is 0 Å². The average Bonchev–Trinajstić information content (AvgIpc) is 2.91. The maximum Gasteiger partial charge on any atom is 0.410 e. The predicted octanol–water partition coefficient (Wildman–Crippen LogP) is 3.80. The van der Waals surface area contributed by atoms with Crippen LogP contribution in [0, 0.1) is 0 Å². The molecule has 6 heteroatoms. The Morgan fingerprint density at radius 2 is 1.69 bits per heavy atom. The summed E-state index contributed by atoms with van der Waals surface area (Å²) in [7, 11) is 0. The molecule has 0 aliphatic carbocycles. The molecule has 3 aliphatic rings. The first-order valence-electron chi connectivity index (χ1n) is 9.30. The molecule has 0 radical (unpaired) electrons. The van der Waals surface area contributed by atoms with Gasteiger partial charge in [-0.15, -0.1) is 0 Å². The molecule has 1 aromatic rings. The van der Waals surface area contributed by atoms with Gasteiger partial charge in [0.2, 0.25) is 0 Å². The van der Waals surface area contributed by atoms with Gasteiger partial charge in [0.25, 0.3) is 0 Å². The average molecular weight is 360 g/mol. The summed E-state index contributed by atoms with van der Waals surface area (Å²) in [4.78, 5) is 28.7. The third kappa shape index (κ3) is 4.48. The molecule has 2 amide bonds. The second-order valence-electron chi connectivity index (χ2n) is 8.04. The van der Waals surface area contributed by atoms with Crippen LogP contribution in [0.15, 0.2) is 30.3 Å². The topological polar surface area (TPSA) is 59.1 Å². The number of fused-ring (bicyclic) bond motifs is 4. The summed E-state index contributed by atoms with van der Waals surface area (Å²) in [5, 5.41) is 0. The largest absolute Gasteiger partial charge is 0.445 e. The van der Waals surface area contributed by atoms with Gasteiger partial charge in [0.1, 0.15) is 12.2 Å². The minimum atomic E-state index is -0.518. The first kappa shape index (κ1) is 18.5. The van der Waals surface area contributed by atoms with Crippen molar-refractivity contribution >= 4 is 12.2 Å². The summed E-state index contributed by atoms with van der Waals surface area (Å²) < 4.78 is 11.0. The molecule has 0 spiro atoms. The van der Waals surface area contributed by atoms with Crippen LogP contribution in [0.1, 0.15) is 45.6 Å². The molecule has 0 aromatic heterocycles. The Balaban J connectivity index is 1.61. The zero-order valence-corrected chi connectivity index (χ0v) is 15.8. The highest BCUT2D eigenvalue weighted by molar-refractivity contribution is 5.71. The van der Waals surface area contributed by atoms with Crippen molar-refractivity contribution in [1.29, 1.82) is 0 Å². The zero-order chi connectivity index (χ0) is 18.7. The van der Waals surface area contributed by atoms with Gasteiger partial charge >= 0.3 is 12.2 Å². The highest BCUT2D eigenvalue weighted by Crippen LogP contribution is 2.30. The van der Waals surface area contributed by atoms with Crippen molar-refractivity contribution in [3.8, 4) is 0 Å². The standard InChI is InChI=1S/C20H28N2O4/c1-20(2,3)26-19(24)21-12-11-16-9-10-17(21)13-22(16)18(23)25-14-15-7-5-4-6-8-15/h4-8,16-17H,9-14H2,1-3H3/t16-,17-/m0/s1. The molecule has 2 atom stereocenters. The fraction of sp³-hybridized carbons (Fsp3) is 0.600. The van der Waals surface area contributed by atoms with Crippen LogP contribution in [0.25, 0.3) is 0 Å². The number of rotatable bonds is 2. The number of carbonyl (C=O) groups is 2. The third-order valence-electron chi connectivity index (χ3n) is 4.89. The van der Waals surface area contributed by atoms with Gasteiger partial charge in [-0.1, -0.05) is 30.3 Å². The first-order valence-corrected chi connectivity index (χ1v) is 9.30. The monoisotopic (exact) mass is 360 g/mol. The van der Waals surface area contributed by atoms with Crippen molar-refractivity contribution in [2.75, 3.05) is 13.1 Å². The van der Waals surface area contributed by atoms with Gasteiger partial charge in [-0.05, 0) is 45.6 Å². The maximum atomic E-state index is 12.6. The Labute approximate surface area is 155 Å². The summed E-state index contributed by atoms with van der Waals surface area (Å²) >= 11 is 0. The molecule has 4 rings (SSSR count). The molecule has 2 bridgehead atoms. The summed E-state index contributed by atoms with van der Waals surface area (Å²) in [6.45, 7) is 7.00. The van der Waals surface area contributed by atoms with E-state index in [1.54, 1.807) is 9.80 Å². The molecule has 3 aliphatic heterocycles. The number of hydrogen-bond donors (Lipinski definition) is 0. The summed E-state index contributed by atoms with van der Waals surface area (Å²) in [6, 6.07) is 9.78. The van der Waals surface area contributed by atoms with E-state index in [1.807, 2.05) is 51.1 Å². The van der Waals surface area contributed by atoms with Crippen LogP contribution >= 0.6 is 0 Å². The Kier molecular flexibility index (Phi) is 5.39. The van der Waals surface area contributed by atoms with Gasteiger partial charge in [-0.3, -0.25) is 0 Å². The molecule has 6 nitrogen and oxygen atoms in total. The van der Waals surface area contributed by atoms with Crippen molar-refractivity contribution < 1.29 is 19.1 Å². The highest BCUT2D eigenvalue weighted by atomic mass is 16.6. The molecule has 26 heavy (non-hydrogen) atoms. The van der Waals surface area contributed by atoms with Crippen molar-refractivity contribution in [1.82, 2.24) is 9.80 Å². The first-order chi connectivity index (χ1) is 12.3. The lowest BCUT2D eigenvalue weighted by Gasteiger charge is -2.38. The highest BCUT2D eigenvalue weighted by Gasteiger charge is 2.41. The van der Waals surface area contributed by atoms with Crippen LogP contribution in [-0.4, -0.2) is 52.8 Å². The number of ether oxygens (including phenoxy) is 2. The smallest absolute Gasteiger partial charge is 0.410 e. The predicted molar refractivity (Wildman–Crippen MR) is 97.7 cm³/mol. The molecule has 3 heterocycles. The molecule has 1 aromatic carbocycles. The van der Waals surface area contributed by atoms with E-state index in [0.29, 0.717) is 13.1 Å². The Morgan fingerprint density at radius 1 is 1.00 bits per heavy atom. The molecule has 142 valence electrons. The molecule has 3 fully saturated rings. The number of piperidine rings is 1. The van der Waals surface area contributed by atoms with E-state index >= 15 is 0 Å². The molecule has 0 N–H and O–H groups in total. The van der Waals surface area contributed by atoms with Crippen molar-refractivity contribution in [3.63, 3.8) is 0 Å². The van der Waals surface area contributed by atoms with Gasteiger partial charge in [0.05, 0.1) is 6.04 Å². The van der Waals surface area contributed by atoms with Gasteiger partial charge < -0.3 is 19.3 Å². The van der Waals surface area contributed by atoms with E-state index in [2.05, 4.69) is 0 Å². The summed E-state index contributed by atoms with van der Waals surface area (Å²) in [6.07, 6.45) is 1.96. The normalized spacial score (nSPS) is 22.7. The van der Waals surface area contributed by atoms with Crippen molar-refractivity contribution in [3.05, 3.63) is 35.9 Å². The van der Waals surface area contributed by atoms with Crippen LogP contribution in [0.3, 0.4) is 0 Å². The molecule has 3 saturated heterocycles. The fourth-order valence-electron chi connectivity index (χ4n) is 3.62. The Morgan fingerprint density at radius 3 is 2.38 bits per heavy atom. The van der Waals surface area contributed by atoms with E-state index in [1.165, 1.54) is 0 Å². The van der Waals surface area contributed by atoms with Gasteiger partial charge in [0, 0.05) is 19.1 Å².